The number of benzene rings is 1. The molecule has 0 N–H and O–H groups in total. The molecule has 0 aromatic heterocycles. The molecule has 22 heavy (non-hydrogen) atoms. The molecule has 0 amide bonds. The van der Waals surface area contributed by atoms with Crippen LogP contribution >= 0.6 is 0 Å². The van der Waals surface area contributed by atoms with E-state index in [2.05, 4.69) is 18.2 Å². The van der Waals surface area contributed by atoms with E-state index in [1.54, 1.807) is 11.1 Å². The summed E-state index contributed by atoms with van der Waals surface area (Å²) in [6.07, 6.45) is 12.3. The summed E-state index contributed by atoms with van der Waals surface area (Å²) in [6.45, 7) is 0. The fourth-order valence-corrected chi connectivity index (χ4v) is 5.46. The van der Waals surface area contributed by atoms with Crippen molar-refractivity contribution < 1.29 is 8.42 Å². The second-order valence-electron chi connectivity index (χ2n) is 7.47. The zero-order valence-corrected chi connectivity index (χ0v) is 14.5. The molecule has 1 fully saturated rings. The van der Waals surface area contributed by atoms with Gasteiger partial charge in [-0.2, -0.15) is 0 Å². The van der Waals surface area contributed by atoms with E-state index in [1.165, 1.54) is 56.8 Å². The molecule has 0 bridgehead atoms. The molecule has 3 rings (SSSR count). The molecule has 0 aliphatic heterocycles. The lowest BCUT2D eigenvalue weighted by Gasteiger charge is -2.28. The molecule has 2 aliphatic carbocycles. The van der Waals surface area contributed by atoms with Gasteiger partial charge >= 0.3 is 0 Å². The van der Waals surface area contributed by atoms with Crippen molar-refractivity contribution in [2.45, 2.75) is 57.8 Å². The van der Waals surface area contributed by atoms with Gasteiger partial charge in [-0.25, -0.2) is 8.42 Å². The second-order valence-corrected chi connectivity index (χ2v) is 9.66. The first-order valence-electron chi connectivity index (χ1n) is 8.78. The maximum atomic E-state index is 11.4. The molecule has 2 aliphatic rings. The Morgan fingerprint density at radius 3 is 2.41 bits per heavy atom. The molecule has 0 saturated heterocycles. The number of rotatable bonds is 5. The molecule has 3 heteroatoms. The number of hydrogen-bond acceptors (Lipinski definition) is 2. The van der Waals surface area contributed by atoms with Crippen LogP contribution in [0.5, 0.6) is 0 Å². The third-order valence-corrected chi connectivity index (χ3v) is 6.59. The van der Waals surface area contributed by atoms with Crippen molar-refractivity contribution >= 4 is 9.84 Å². The van der Waals surface area contributed by atoms with Crippen LogP contribution in [0.15, 0.2) is 18.2 Å². The largest absolute Gasteiger partial charge is 0.229 e. The van der Waals surface area contributed by atoms with Gasteiger partial charge in [0.05, 0.1) is 5.75 Å². The van der Waals surface area contributed by atoms with Crippen molar-refractivity contribution in [1.82, 2.24) is 0 Å². The summed E-state index contributed by atoms with van der Waals surface area (Å²) in [5, 5.41) is 0. The van der Waals surface area contributed by atoms with E-state index >= 15 is 0 Å². The van der Waals surface area contributed by atoms with Crippen molar-refractivity contribution in [3.05, 3.63) is 34.9 Å². The van der Waals surface area contributed by atoms with E-state index in [1.807, 2.05) is 0 Å². The Hall–Kier alpha value is -0.830. The highest BCUT2D eigenvalue weighted by molar-refractivity contribution is 7.90. The van der Waals surface area contributed by atoms with Crippen LogP contribution in [0.4, 0.5) is 0 Å². The van der Waals surface area contributed by atoms with Crippen LogP contribution in [-0.4, -0.2) is 20.4 Å². The van der Waals surface area contributed by atoms with E-state index in [4.69, 9.17) is 0 Å². The normalized spacial score (nSPS) is 25.1. The van der Waals surface area contributed by atoms with Crippen LogP contribution < -0.4 is 0 Å². The minimum Gasteiger partial charge on any atom is -0.229 e. The summed E-state index contributed by atoms with van der Waals surface area (Å²) in [4.78, 5) is 0. The average molecular weight is 320 g/mol. The van der Waals surface area contributed by atoms with Gasteiger partial charge in [-0.05, 0) is 73.5 Å². The molecule has 1 aromatic rings. The number of fused-ring (bicyclic) bond motifs is 1. The molecule has 0 heterocycles. The SMILES string of the molecule is CS(=O)(=O)CC1CCC(CCc2ccc3c(c2)CCC3)CC1. The third kappa shape index (κ3) is 4.34. The third-order valence-electron chi connectivity index (χ3n) is 5.51. The average Bonchev–Trinajstić information content (AvgIpc) is 2.92. The Bertz CT molecular complexity index is 610. The molecule has 0 atom stereocenters. The Labute approximate surface area is 135 Å². The van der Waals surface area contributed by atoms with Gasteiger partial charge in [0.25, 0.3) is 0 Å². The summed E-state index contributed by atoms with van der Waals surface area (Å²) < 4.78 is 22.8. The van der Waals surface area contributed by atoms with Gasteiger partial charge in [0.15, 0.2) is 0 Å². The number of hydrogen-bond donors (Lipinski definition) is 0. The van der Waals surface area contributed by atoms with Gasteiger partial charge in [0.1, 0.15) is 9.84 Å². The molecular formula is C19H28O2S. The summed E-state index contributed by atoms with van der Waals surface area (Å²) in [7, 11) is -2.80. The molecule has 0 spiro atoms. The maximum Gasteiger partial charge on any atom is 0.147 e. The van der Waals surface area contributed by atoms with Gasteiger partial charge < -0.3 is 0 Å². The highest BCUT2D eigenvalue weighted by Crippen LogP contribution is 2.32. The van der Waals surface area contributed by atoms with Crippen molar-refractivity contribution in [2.24, 2.45) is 11.8 Å². The molecule has 0 radical (unpaired) electrons. The zero-order valence-electron chi connectivity index (χ0n) is 13.7. The van der Waals surface area contributed by atoms with Gasteiger partial charge in [0.2, 0.25) is 0 Å². The summed E-state index contributed by atoms with van der Waals surface area (Å²) in [6, 6.07) is 7.08. The standard InChI is InChI=1S/C19H28O2S/c1-22(20,21)14-17-9-6-15(7-10-17)5-8-16-11-12-18-3-2-4-19(18)13-16/h11-13,15,17H,2-10,14H2,1H3. The highest BCUT2D eigenvalue weighted by Gasteiger charge is 2.23. The first-order chi connectivity index (χ1) is 10.5. The fraction of sp³-hybridized carbons (Fsp3) is 0.684. The van der Waals surface area contributed by atoms with Crippen LogP contribution in [0.25, 0.3) is 0 Å². The van der Waals surface area contributed by atoms with Crippen molar-refractivity contribution in [3.63, 3.8) is 0 Å². The topological polar surface area (TPSA) is 34.1 Å². The molecule has 2 nitrogen and oxygen atoms in total. The monoisotopic (exact) mass is 320 g/mol. The molecule has 122 valence electrons. The van der Waals surface area contributed by atoms with E-state index in [0.717, 1.165) is 18.8 Å². The highest BCUT2D eigenvalue weighted by atomic mass is 32.2. The number of aryl methyl sites for hydroxylation is 3. The first-order valence-corrected chi connectivity index (χ1v) is 10.8. The Morgan fingerprint density at radius 1 is 1.00 bits per heavy atom. The summed E-state index contributed by atoms with van der Waals surface area (Å²) in [5.74, 6) is 1.60. The number of sulfone groups is 1. The molecule has 1 aromatic carbocycles. The predicted molar refractivity (Wildman–Crippen MR) is 91.9 cm³/mol. The Balaban J connectivity index is 1.45. The smallest absolute Gasteiger partial charge is 0.147 e. The van der Waals surface area contributed by atoms with Crippen molar-refractivity contribution in [2.75, 3.05) is 12.0 Å². The summed E-state index contributed by atoms with van der Waals surface area (Å²) in [5.41, 5.74) is 4.64. The van der Waals surface area contributed by atoms with Crippen molar-refractivity contribution in [1.29, 1.82) is 0 Å². The first kappa shape index (κ1) is 16.0. The van der Waals surface area contributed by atoms with Crippen LogP contribution in [0.2, 0.25) is 0 Å². The molecule has 1 saturated carbocycles. The van der Waals surface area contributed by atoms with Crippen molar-refractivity contribution in [3.8, 4) is 0 Å². The zero-order chi connectivity index (χ0) is 15.6. The van der Waals surface area contributed by atoms with Gasteiger partial charge in [0, 0.05) is 6.26 Å². The van der Waals surface area contributed by atoms with Gasteiger partial charge in [-0.3, -0.25) is 0 Å². The van der Waals surface area contributed by atoms with E-state index in [9.17, 15) is 8.42 Å². The van der Waals surface area contributed by atoms with Gasteiger partial charge in [-0.1, -0.05) is 31.0 Å². The van der Waals surface area contributed by atoms with E-state index < -0.39 is 9.84 Å². The fourth-order valence-electron chi connectivity index (χ4n) is 4.27. The molecular weight excluding hydrogens is 292 g/mol. The predicted octanol–water partition coefficient (Wildman–Crippen LogP) is 3.96. The Kier molecular flexibility index (Phi) is 4.91. The lowest BCUT2D eigenvalue weighted by Crippen LogP contribution is -2.21. The lowest BCUT2D eigenvalue weighted by atomic mass is 9.80. The van der Waals surface area contributed by atoms with E-state index in [-0.39, 0.29) is 0 Å². The Morgan fingerprint density at radius 2 is 1.68 bits per heavy atom. The second kappa shape index (κ2) is 6.74. The van der Waals surface area contributed by atoms with Gasteiger partial charge in [-0.15, -0.1) is 0 Å². The quantitative estimate of drug-likeness (QED) is 0.823. The van der Waals surface area contributed by atoms with Crippen LogP contribution in [0.1, 0.15) is 55.2 Å². The van der Waals surface area contributed by atoms with Crippen LogP contribution in [0.3, 0.4) is 0 Å². The summed E-state index contributed by atoms with van der Waals surface area (Å²) >= 11 is 0. The minimum atomic E-state index is -2.80. The maximum absolute atomic E-state index is 11.4. The van der Waals surface area contributed by atoms with E-state index in [0.29, 0.717) is 11.7 Å². The minimum absolute atomic E-state index is 0.393. The van der Waals surface area contributed by atoms with Crippen LogP contribution in [-0.2, 0) is 29.1 Å². The molecule has 0 unspecified atom stereocenters. The van der Waals surface area contributed by atoms with Crippen LogP contribution in [0, 0.1) is 11.8 Å². The lowest BCUT2D eigenvalue weighted by molar-refractivity contribution is 0.279.